The molecule has 1 atom stereocenters. The quantitative estimate of drug-likeness (QED) is 0.255. The van der Waals surface area contributed by atoms with Crippen molar-refractivity contribution >= 4 is 11.9 Å². The van der Waals surface area contributed by atoms with Gasteiger partial charge in [-0.3, -0.25) is 9.79 Å². The van der Waals surface area contributed by atoms with Gasteiger partial charge in [0.15, 0.2) is 5.96 Å². The van der Waals surface area contributed by atoms with Gasteiger partial charge in [0.2, 0.25) is 5.91 Å². The maximum Gasteiger partial charge on any atom is 0.220 e. The molecule has 8 nitrogen and oxygen atoms in total. The van der Waals surface area contributed by atoms with Gasteiger partial charge in [-0.1, -0.05) is 0 Å². The van der Waals surface area contributed by atoms with E-state index in [9.17, 15) is 4.79 Å². The Labute approximate surface area is 169 Å². The van der Waals surface area contributed by atoms with Crippen LogP contribution >= 0.6 is 0 Å². The zero-order chi connectivity index (χ0) is 20.0. The highest BCUT2D eigenvalue weighted by Gasteiger charge is 2.22. The summed E-state index contributed by atoms with van der Waals surface area (Å²) in [4.78, 5) is 18.3. The summed E-state index contributed by atoms with van der Waals surface area (Å²) < 4.78 is 11.1. The van der Waals surface area contributed by atoms with Crippen LogP contribution in [-0.4, -0.2) is 82.0 Å². The first-order chi connectivity index (χ1) is 13.7. The summed E-state index contributed by atoms with van der Waals surface area (Å²) in [5.41, 5.74) is 5.39. The molecule has 2 saturated heterocycles. The van der Waals surface area contributed by atoms with Gasteiger partial charge in [0.05, 0.1) is 12.7 Å². The van der Waals surface area contributed by atoms with Crippen LogP contribution in [0, 0.1) is 5.92 Å². The number of likely N-dealkylation sites (tertiary alicyclic amines) is 1. The summed E-state index contributed by atoms with van der Waals surface area (Å²) in [7, 11) is 0. The average Bonchev–Trinajstić information content (AvgIpc) is 3.21. The average molecular weight is 398 g/mol. The molecule has 2 aliphatic rings. The molecular formula is C20H39N5O3. The normalized spacial score (nSPS) is 21.8. The Balaban J connectivity index is 1.50. The molecule has 2 rings (SSSR count). The minimum absolute atomic E-state index is 0.0775. The molecule has 1 unspecified atom stereocenters. The Morgan fingerprint density at radius 3 is 2.71 bits per heavy atom. The summed E-state index contributed by atoms with van der Waals surface area (Å²) in [5, 5.41) is 6.71. The number of hydrogen-bond donors (Lipinski definition) is 3. The minimum Gasteiger partial charge on any atom is -0.379 e. The van der Waals surface area contributed by atoms with Crippen molar-refractivity contribution in [2.45, 2.75) is 51.6 Å². The van der Waals surface area contributed by atoms with Gasteiger partial charge >= 0.3 is 0 Å². The molecule has 0 bridgehead atoms. The number of unbranched alkanes of at least 4 members (excludes halogenated alkanes) is 1. The molecule has 0 saturated carbocycles. The molecule has 0 aromatic carbocycles. The Hall–Kier alpha value is -1.38. The summed E-state index contributed by atoms with van der Waals surface area (Å²) in [6.45, 7) is 9.97. The van der Waals surface area contributed by atoms with Crippen molar-refractivity contribution in [3.63, 3.8) is 0 Å². The molecule has 0 aliphatic carbocycles. The van der Waals surface area contributed by atoms with Crippen molar-refractivity contribution in [3.05, 3.63) is 0 Å². The molecule has 0 aromatic rings. The van der Waals surface area contributed by atoms with Crippen LogP contribution in [0.5, 0.6) is 0 Å². The minimum atomic E-state index is -0.141. The van der Waals surface area contributed by atoms with Crippen LogP contribution in [0.1, 0.15) is 45.4 Å². The molecule has 162 valence electrons. The van der Waals surface area contributed by atoms with E-state index in [-0.39, 0.29) is 17.9 Å². The Morgan fingerprint density at radius 1 is 1.21 bits per heavy atom. The number of rotatable bonds is 12. The van der Waals surface area contributed by atoms with Crippen molar-refractivity contribution < 1.29 is 14.3 Å². The fourth-order valence-corrected chi connectivity index (χ4v) is 3.60. The van der Waals surface area contributed by atoms with E-state index >= 15 is 0 Å². The lowest BCUT2D eigenvalue weighted by Gasteiger charge is -2.30. The van der Waals surface area contributed by atoms with Gasteiger partial charge in [-0.25, -0.2) is 0 Å². The Morgan fingerprint density at radius 2 is 2.04 bits per heavy atom. The smallest absolute Gasteiger partial charge is 0.220 e. The van der Waals surface area contributed by atoms with E-state index in [0.29, 0.717) is 0 Å². The maximum absolute atomic E-state index is 11.2. The van der Waals surface area contributed by atoms with Gasteiger partial charge in [0.1, 0.15) is 0 Å². The van der Waals surface area contributed by atoms with Crippen LogP contribution in [0.15, 0.2) is 4.99 Å². The first-order valence-electron chi connectivity index (χ1n) is 10.9. The lowest BCUT2D eigenvalue weighted by Crippen LogP contribution is -2.39. The largest absolute Gasteiger partial charge is 0.379 e. The van der Waals surface area contributed by atoms with Gasteiger partial charge < -0.3 is 30.7 Å². The van der Waals surface area contributed by atoms with Crippen molar-refractivity contribution in [1.82, 2.24) is 15.5 Å². The number of carbonyl (C=O) groups is 1. The van der Waals surface area contributed by atoms with Crippen molar-refractivity contribution in [2.75, 3.05) is 59.1 Å². The monoisotopic (exact) mass is 397 g/mol. The second-order valence-electron chi connectivity index (χ2n) is 7.62. The van der Waals surface area contributed by atoms with Crippen LogP contribution in [0.2, 0.25) is 0 Å². The van der Waals surface area contributed by atoms with Gasteiger partial charge in [-0.15, -0.1) is 0 Å². The van der Waals surface area contributed by atoms with Crippen LogP contribution in [0.3, 0.4) is 0 Å². The lowest BCUT2D eigenvalue weighted by molar-refractivity contribution is -0.123. The number of amides is 1. The standard InChI is InChI=1S/C20H39N5O3/c1-2-22-20(24-10-5-14-28-18-8-15-27-16-18)23-9-3-4-11-25-12-6-17(7-13-25)19(21)26/h17-18H,2-16H2,1H3,(H2,21,26)(H2,22,23,24). The molecule has 2 aliphatic heterocycles. The van der Waals surface area contributed by atoms with Crippen LogP contribution in [-0.2, 0) is 14.3 Å². The third-order valence-corrected chi connectivity index (χ3v) is 5.34. The van der Waals surface area contributed by atoms with Crippen LogP contribution in [0.4, 0.5) is 0 Å². The van der Waals surface area contributed by atoms with Crippen molar-refractivity contribution in [2.24, 2.45) is 16.6 Å². The van der Waals surface area contributed by atoms with E-state index in [2.05, 4.69) is 27.4 Å². The molecule has 0 aromatic heterocycles. The number of nitrogens with one attached hydrogen (secondary N) is 2. The van der Waals surface area contributed by atoms with E-state index in [0.717, 1.165) is 104 Å². The van der Waals surface area contributed by atoms with E-state index in [1.165, 1.54) is 0 Å². The highest BCUT2D eigenvalue weighted by atomic mass is 16.5. The molecular weight excluding hydrogens is 358 g/mol. The lowest BCUT2D eigenvalue weighted by atomic mass is 9.96. The number of nitrogens with zero attached hydrogens (tertiary/aromatic N) is 2. The summed E-state index contributed by atoms with van der Waals surface area (Å²) in [6.07, 6.45) is 6.27. The first kappa shape index (κ1) is 22.9. The number of carbonyl (C=O) groups excluding carboxylic acids is 1. The second-order valence-corrected chi connectivity index (χ2v) is 7.62. The predicted octanol–water partition coefficient (Wildman–Crippen LogP) is 0.715. The topological polar surface area (TPSA) is 101 Å². The summed E-state index contributed by atoms with van der Waals surface area (Å²) in [6, 6.07) is 0. The molecule has 4 N–H and O–H groups in total. The van der Waals surface area contributed by atoms with E-state index in [1.807, 2.05) is 0 Å². The molecule has 0 radical (unpaired) electrons. The third kappa shape index (κ3) is 9.21. The maximum atomic E-state index is 11.2. The highest BCUT2D eigenvalue weighted by Crippen LogP contribution is 2.16. The van der Waals surface area contributed by atoms with Crippen molar-refractivity contribution in [1.29, 1.82) is 0 Å². The molecule has 2 fully saturated rings. The van der Waals surface area contributed by atoms with Gasteiger partial charge in [0.25, 0.3) is 0 Å². The molecule has 1 amide bonds. The molecule has 28 heavy (non-hydrogen) atoms. The van der Waals surface area contributed by atoms with Gasteiger partial charge in [-0.2, -0.15) is 0 Å². The number of nitrogens with two attached hydrogens (primary N) is 1. The zero-order valence-corrected chi connectivity index (χ0v) is 17.5. The zero-order valence-electron chi connectivity index (χ0n) is 17.5. The van der Waals surface area contributed by atoms with Gasteiger partial charge in [0, 0.05) is 38.8 Å². The number of piperidine rings is 1. The fraction of sp³-hybridized carbons (Fsp3) is 0.900. The predicted molar refractivity (Wildman–Crippen MR) is 111 cm³/mol. The summed E-state index contributed by atoms with van der Waals surface area (Å²) in [5.74, 6) is 0.820. The molecule has 0 spiro atoms. The number of ether oxygens (including phenoxy) is 2. The molecule has 8 heteroatoms. The number of guanidine groups is 1. The van der Waals surface area contributed by atoms with E-state index < -0.39 is 0 Å². The third-order valence-electron chi connectivity index (χ3n) is 5.34. The van der Waals surface area contributed by atoms with Crippen LogP contribution in [0.25, 0.3) is 0 Å². The molecule has 2 heterocycles. The van der Waals surface area contributed by atoms with Gasteiger partial charge in [-0.05, 0) is 65.1 Å². The fourth-order valence-electron chi connectivity index (χ4n) is 3.60. The SMILES string of the molecule is CCNC(=NCCCOC1CCOC1)NCCCCN1CCC(C(N)=O)CC1. The second kappa shape index (κ2) is 13.7. The summed E-state index contributed by atoms with van der Waals surface area (Å²) >= 11 is 0. The highest BCUT2D eigenvalue weighted by molar-refractivity contribution is 5.79. The first-order valence-corrected chi connectivity index (χ1v) is 10.9. The van der Waals surface area contributed by atoms with Crippen molar-refractivity contribution in [3.8, 4) is 0 Å². The number of hydrogen-bond acceptors (Lipinski definition) is 5. The Kier molecular flexibility index (Phi) is 11.2. The van der Waals surface area contributed by atoms with E-state index in [1.54, 1.807) is 0 Å². The van der Waals surface area contributed by atoms with E-state index in [4.69, 9.17) is 15.2 Å². The van der Waals surface area contributed by atoms with Crippen LogP contribution < -0.4 is 16.4 Å². The Bertz CT molecular complexity index is 461. The number of primary amides is 1. The number of aliphatic imine (C=N–C) groups is 1.